The molecule has 6 aromatic carbocycles. The maximum atomic E-state index is 6.15. The van der Waals surface area contributed by atoms with Crippen LogP contribution >= 0.6 is 0 Å². The Labute approximate surface area is 257 Å². The largest absolute Gasteiger partial charge is 0.456 e. The van der Waals surface area contributed by atoms with Gasteiger partial charge < -0.3 is 4.42 Å². The number of fused-ring (bicyclic) bond motifs is 9. The lowest BCUT2D eigenvalue weighted by molar-refractivity contribution is 0.669. The summed E-state index contributed by atoms with van der Waals surface area (Å²) in [6.45, 7) is 0. The molecule has 10 rings (SSSR count). The second-order valence-electron chi connectivity index (χ2n) is 11.5. The van der Waals surface area contributed by atoms with Crippen molar-refractivity contribution in [3.05, 3.63) is 146 Å². The van der Waals surface area contributed by atoms with E-state index in [1.165, 1.54) is 21.5 Å². The van der Waals surface area contributed by atoms with Crippen molar-refractivity contribution < 1.29 is 4.42 Å². The Kier molecular flexibility index (Phi) is 4.93. The Hall–Kier alpha value is -6.20. The lowest BCUT2D eigenvalue weighted by Gasteiger charge is -2.14. The van der Waals surface area contributed by atoms with Crippen molar-refractivity contribution in [2.45, 2.75) is 0 Å². The molecule has 4 heterocycles. The minimum atomic E-state index is 0.651. The molecule has 0 N–H and O–H groups in total. The molecule has 45 heavy (non-hydrogen) atoms. The van der Waals surface area contributed by atoms with Crippen LogP contribution in [0.3, 0.4) is 0 Å². The van der Waals surface area contributed by atoms with Crippen LogP contribution in [0.25, 0.3) is 88.6 Å². The summed E-state index contributed by atoms with van der Waals surface area (Å²) in [5.41, 5.74) is 7.07. The van der Waals surface area contributed by atoms with E-state index in [2.05, 4.69) is 130 Å². The fourth-order valence-corrected chi connectivity index (χ4v) is 6.98. The SMILES string of the molecule is c1ccc2c(c1)oc1ccc(-c3nc(-n4c5ccccc5c5ccccc54)cc(-n4c5ccccc5c5ccccc54)n3)cc12. The van der Waals surface area contributed by atoms with Crippen molar-refractivity contribution >= 4 is 65.6 Å². The van der Waals surface area contributed by atoms with E-state index in [-0.39, 0.29) is 0 Å². The highest BCUT2D eigenvalue weighted by molar-refractivity contribution is 6.10. The monoisotopic (exact) mass is 576 g/mol. The van der Waals surface area contributed by atoms with Crippen LogP contribution in [0.4, 0.5) is 0 Å². The number of hydrogen-bond donors (Lipinski definition) is 0. The molecule has 0 aliphatic heterocycles. The molecule has 0 radical (unpaired) electrons. The third-order valence-electron chi connectivity index (χ3n) is 8.95. The van der Waals surface area contributed by atoms with E-state index >= 15 is 0 Å². The minimum absolute atomic E-state index is 0.651. The van der Waals surface area contributed by atoms with E-state index in [1.54, 1.807) is 0 Å². The van der Waals surface area contributed by atoms with Gasteiger partial charge in [-0.15, -0.1) is 0 Å². The summed E-state index contributed by atoms with van der Waals surface area (Å²) in [6, 6.07) is 50.7. The maximum Gasteiger partial charge on any atom is 0.163 e. The Morgan fingerprint density at radius 2 is 0.800 bits per heavy atom. The van der Waals surface area contributed by atoms with Crippen molar-refractivity contribution in [1.82, 2.24) is 19.1 Å². The van der Waals surface area contributed by atoms with Crippen molar-refractivity contribution in [3.8, 4) is 23.0 Å². The Bertz CT molecular complexity index is 2540. The minimum Gasteiger partial charge on any atom is -0.456 e. The van der Waals surface area contributed by atoms with Crippen LogP contribution in [0, 0.1) is 0 Å². The van der Waals surface area contributed by atoms with Crippen molar-refractivity contribution in [1.29, 1.82) is 0 Å². The molecule has 210 valence electrons. The summed E-state index contributed by atoms with van der Waals surface area (Å²) >= 11 is 0. The molecule has 0 aliphatic carbocycles. The van der Waals surface area contributed by atoms with Gasteiger partial charge in [-0.3, -0.25) is 9.13 Å². The van der Waals surface area contributed by atoms with Crippen molar-refractivity contribution in [3.63, 3.8) is 0 Å². The van der Waals surface area contributed by atoms with Crippen LogP contribution in [-0.4, -0.2) is 19.1 Å². The number of hydrogen-bond acceptors (Lipinski definition) is 3. The van der Waals surface area contributed by atoms with Gasteiger partial charge in [0.25, 0.3) is 0 Å². The molecule has 10 aromatic rings. The highest BCUT2D eigenvalue weighted by Gasteiger charge is 2.19. The standard InChI is InChI=1S/C40H24N4O/c1-6-16-32-26(11-1)27-12-2-7-17-33(27)43(32)38-24-39(44-34-18-8-3-13-28(34)29-14-4-9-19-35(29)44)42-40(41-38)25-21-22-37-31(23-25)30-15-5-10-20-36(30)45-37/h1-24H. The number of rotatable bonds is 3. The average Bonchev–Trinajstić information content (AvgIpc) is 3.75. The van der Waals surface area contributed by atoms with Crippen LogP contribution in [-0.2, 0) is 0 Å². The summed E-state index contributed by atoms with van der Waals surface area (Å²) < 4.78 is 10.7. The summed E-state index contributed by atoms with van der Waals surface area (Å²) in [7, 11) is 0. The highest BCUT2D eigenvalue weighted by atomic mass is 16.3. The van der Waals surface area contributed by atoms with Gasteiger partial charge in [0.05, 0.1) is 22.1 Å². The van der Waals surface area contributed by atoms with Gasteiger partial charge in [0.1, 0.15) is 22.8 Å². The zero-order valence-electron chi connectivity index (χ0n) is 24.1. The van der Waals surface area contributed by atoms with E-state index in [1.807, 2.05) is 24.3 Å². The smallest absolute Gasteiger partial charge is 0.163 e. The molecule has 5 nitrogen and oxygen atoms in total. The number of para-hydroxylation sites is 5. The lowest BCUT2D eigenvalue weighted by atomic mass is 10.1. The molecule has 5 heteroatoms. The third-order valence-corrected chi connectivity index (χ3v) is 8.95. The number of furan rings is 1. The first-order chi connectivity index (χ1) is 22.3. The van der Waals surface area contributed by atoms with Crippen LogP contribution < -0.4 is 0 Å². The van der Waals surface area contributed by atoms with E-state index < -0.39 is 0 Å². The van der Waals surface area contributed by atoms with Gasteiger partial charge in [0.2, 0.25) is 0 Å². The van der Waals surface area contributed by atoms with E-state index in [4.69, 9.17) is 14.4 Å². The van der Waals surface area contributed by atoms with Gasteiger partial charge in [-0.2, -0.15) is 0 Å². The Balaban J connectivity index is 1.32. The van der Waals surface area contributed by atoms with Crippen molar-refractivity contribution in [2.75, 3.05) is 0 Å². The molecular weight excluding hydrogens is 552 g/mol. The third kappa shape index (κ3) is 3.49. The fraction of sp³-hybridized carbons (Fsp3) is 0. The van der Waals surface area contributed by atoms with Gasteiger partial charge >= 0.3 is 0 Å². The topological polar surface area (TPSA) is 48.8 Å². The van der Waals surface area contributed by atoms with Gasteiger partial charge in [0.15, 0.2) is 5.82 Å². The first kappa shape index (κ1) is 24.3. The van der Waals surface area contributed by atoms with E-state index in [0.29, 0.717) is 5.82 Å². The number of aromatic nitrogens is 4. The summed E-state index contributed by atoms with van der Waals surface area (Å²) in [5, 5.41) is 6.90. The van der Waals surface area contributed by atoms with Crippen LogP contribution in [0.1, 0.15) is 0 Å². The summed E-state index contributed by atoms with van der Waals surface area (Å²) in [4.78, 5) is 10.6. The summed E-state index contributed by atoms with van der Waals surface area (Å²) in [6.07, 6.45) is 0. The first-order valence-corrected chi connectivity index (χ1v) is 15.1. The maximum absolute atomic E-state index is 6.15. The molecule has 4 aromatic heterocycles. The van der Waals surface area contributed by atoms with Crippen LogP contribution in [0.5, 0.6) is 0 Å². The zero-order chi connectivity index (χ0) is 29.5. The van der Waals surface area contributed by atoms with E-state index in [0.717, 1.165) is 61.2 Å². The molecule has 0 bridgehead atoms. The molecule has 0 saturated carbocycles. The molecule has 0 unspecified atom stereocenters. The van der Waals surface area contributed by atoms with Crippen LogP contribution in [0.15, 0.2) is 150 Å². The Morgan fingerprint density at radius 1 is 0.378 bits per heavy atom. The van der Waals surface area contributed by atoms with E-state index in [9.17, 15) is 0 Å². The Morgan fingerprint density at radius 3 is 1.31 bits per heavy atom. The average molecular weight is 577 g/mol. The van der Waals surface area contributed by atoms with Gasteiger partial charge in [-0.05, 0) is 48.5 Å². The first-order valence-electron chi connectivity index (χ1n) is 15.1. The van der Waals surface area contributed by atoms with Crippen molar-refractivity contribution in [2.24, 2.45) is 0 Å². The highest BCUT2D eigenvalue weighted by Crippen LogP contribution is 2.36. The molecular formula is C40H24N4O. The quantitative estimate of drug-likeness (QED) is 0.210. The fourth-order valence-electron chi connectivity index (χ4n) is 6.98. The van der Waals surface area contributed by atoms with Gasteiger partial charge in [-0.25, -0.2) is 9.97 Å². The molecule has 0 atom stereocenters. The number of nitrogens with zero attached hydrogens (tertiary/aromatic N) is 4. The van der Waals surface area contributed by atoms with Gasteiger partial charge in [-0.1, -0.05) is 91.0 Å². The second-order valence-corrected chi connectivity index (χ2v) is 11.5. The van der Waals surface area contributed by atoms with Crippen LogP contribution in [0.2, 0.25) is 0 Å². The second kappa shape index (κ2) is 9.15. The molecule has 0 fully saturated rings. The normalized spacial score (nSPS) is 12.0. The number of benzene rings is 6. The summed E-state index contributed by atoms with van der Waals surface area (Å²) in [5.74, 6) is 2.27. The predicted octanol–water partition coefficient (Wildman–Crippen LogP) is 10.2. The predicted molar refractivity (Wildman–Crippen MR) is 183 cm³/mol. The lowest BCUT2D eigenvalue weighted by Crippen LogP contribution is -2.06. The zero-order valence-corrected chi connectivity index (χ0v) is 24.1. The molecule has 0 spiro atoms. The molecule has 0 amide bonds. The molecule has 0 aliphatic rings. The van der Waals surface area contributed by atoms with Gasteiger partial charge in [0, 0.05) is 43.9 Å². The molecule has 0 saturated heterocycles.